The molecule has 2 aromatic heterocycles. The van der Waals surface area contributed by atoms with Crippen LogP contribution < -0.4 is 10.6 Å². The molecule has 0 radical (unpaired) electrons. The van der Waals surface area contributed by atoms with Gasteiger partial charge in [0.25, 0.3) is 5.91 Å². The van der Waals surface area contributed by atoms with Gasteiger partial charge in [-0.2, -0.15) is 5.10 Å². The fraction of sp³-hybridized carbons (Fsp3) is 0.619. The lowest BCUT2D eigenvalue weighted by atomic mass is 9.95. The van der Waals surface area contributed by atoms with Crippen molar-refractivity contribution >= 4 is 22.8 Å². The topological polar surface area (TPSA) is 88.9 Å². The minimum atomic E-state index is -0.157. The molecule has 2 aromatic rings. The normalized spacial score (nSPS) is 17.6. The lowest BCUT2D eigenvalue weighted by Crippen LogP contribution is -2.38. The highest BCUT2D eigenvalue weighted by atomic mass is 16.2. The van der Waals surface area contributed by atoms with Crippen LogP contribution in [0.25, 0.3) is 11.0 Å². The van der Waals surface area contributed by atoms with Crippen molar-refractivity contribution in [1.29, 1.82) is 0 Å². The van der Waals surface area contributed by atoms with Crippen LogP contribution in [0.2, 0.25) is 0 Å². The van der Waals surface area contributed by atoms with Crippen molar-refractivity contribution in [2.75, 3.05) is 6.54 Å². The summed E-state index contributed by atoms with van der Waals surface area (Å²) in [6, 6.07) is 2.21. The van der Waals surface area contributed by atoms with Crippen molar-refractivity contribution < 1.29 is 9.59 Å². The Morgan fingerprint density at radius 3 is 2.64 bits per heavy atom. The van der Waals surface area contributed by atoms with Gasteiger partial charge in [-0.3, -0.25) is 14.3 Å². The van der Waals surface area contributed by atoms with Crippen LogP contribution in [0.4, 0.5) is 0 Å². The van der Waals surface area contributed by atoms with Crippen LogP contribution in [0.3, 0.4) is 0 Å². The summed E-state index contributed by atoms with van der Waals surface area (Å²) in [5.74, 6) is 0.312. The molecule has 0 unspecified atom stereocenters. The van der Waals surface area contributed by atoms with E-state index in [1.165, 1.54) is 19.3 Å². The van der Waals surface area contributed by atoms with E-state index in [1.807, 2.05) is 20.0 Å². The van der Waals surface area contributed by atoms with E-state index >= 15 is 0 Å². The first-order chi connectivity index (χ1) is 13.5. The summed E-state index contributed by atoms with van der Waals surface area (Å²) in [7, 11) is 1.86. The van der Waals surface area contributed by atoms with Crippen LogP contribution in [0.1, 0.15) is 79.0 Å². The summed E-state index contributed by atoms with van der Waals surface area (Å²) < 4.78 is 1.74. The van der Waals surface area contributed by atoms with Gasteiger partial charge in [0.15, 0.2) is 5.65 Å². The molecular formula is C21H29N5O2. The predicted octanol–water partition coefficient (Wildman–Crippen LogP) is 2.72. The predicted molar refractivity (Wildman–Crippen MR) is 107 cm³/mol. The molecule has 0 aromatic carbocycles. The van der Waals surface area contributed by atoms with Crippen LogP contribution in [0, 0.1) is 6.92 Å². The highest BCUT2D eigenvalue weighted by molar-refractivity contribution is 6.06. The Kier molecular flexibility index (Phi) is 5.33. The number of nitrogens with zero attached hydrogens (tertiary/aromatic N) is 3. The molecule has 0 aliphatic heterocycles. The fourth-order valence-corrected chi connectivity index (χ4v) is 4.16. The monoisotopic (exact) mass is 383 g/mol. The number of aromatic nitrogens is 3. The molecule has 28 heavy (non-hydrogen) atoms. The van der Waals surface area contributed by atoms with Crippen molar-refractivity contribution in [2.24, 2.45) is 7.05 Å². The van der Waals surface area contributed by atoms with Gasteiger partial charge in [0, 0.05) is 37.7 Å². The number of amides is 2. The van der Waals surface area contributed by atoms with Crippen molar-refractivity contribution in [2.45, 2.75) is 70.3 Å². The zero-order valence-electron chi connectivity index (χ0n) is 16.8. The third-order valence-corrected chi connectivity index (χ3v) is 5.84. The first-order valence-corrected chi connectivity index (χ1v) is 10.4. The highest BCUT2D eigenvalue weighted by Gasteiger charge is 2.28. The van der Waals surface area contributed by atoms with Gasteiger partial charge >= 0.3 is 0 Å². The summed E-state index contributed by atoms with van der Waals surface area (Å²) in [5.41, 5.74) is 3.13. The number of rotatable bonds is 6. The van der Waals surface area contributed by atoms with Crippen molar-refractivity contribution in [3.8, 4) is 0 Å². The van der Waals surface area contributed by atoms with Gasteiger partial charge in [0.1, 0.15) is 0 Å². The fourth-order valence-electron chi connectivity index (χ4n) is 4.16. The molecule has 7 heteroatoms. The summed E-state index contributed by atoms with van der Waals surface area (Å²) in [5, 5.41) is 11.3. The number of fused-ring (bicyclic) bond motifs is 1. The Balaban J connectivity index is 1.41. The van der Waals surface area contributed by atoms with E-state index in [2.05, 4.69) is 15.7 Å². The number of hydrogen-bond donors (Lipinski definition) is 2. The van der Waals surface area contributed by atoms with Gasteiger partial charge in [-0.15, -0.1) is 0 Å². The third-order valence-electron chi connectivity index (χ3n) is 5.84. The first-order valence-electron chi connectivity index (χ1n) is 10.4. The van der Waals surface area contributed by atoms with E-state index in [1.54, 1.807) is 4.68 Å². The van der Waals surface area contributed by atoms with Crippen LogP contribution in [-0.4, -0.2) is 39.2 Å². The number of carbonyl (C=O) groups excluding carboxylic acids is 2. The van der Waals surface area contributed by atoms with Crippen LogP contribution in [0.15, 0.2) is 6.07 Å². The Bertz CT molecular complexity index is 894. The third kappa shape index (κ3) is 4.03. The zero-order valence-corrected chi connectivity index (χ0v) is 16.8. The largest absolute Gasteiger partial charge is 0.353 e. The second-order valence-electron chi connectivity index (χ2n) is 8.18. The highest BCUT2D eigenvalue weighted by Crippen LogP contribution is 2.40. The average molecular weight is 383 g/mol. The molecule has 0 saturated heterocycles. The molecule has 0 bridgehead atoms. The van der Waals surface area contributed by atoms with Crippen molar-refractivity contribution in [3.63, 3.8) is 0 Å². The Labute approximate surface area is 165 Å². The maximum Gasteiger partial charge on any atom is 0.252 e. The van der Waals surface area contributed by atoms with Crippen molar-refractivity contribution in [1.82, 2.24) is 25.4 Å². The number of aryl methyl sites for hydroxylation is 2. The summed E-state index contributed by atoms with van der Waals surface area (Å²) >= 11 is 0. The average Bonchev–Trinajstić information content (AvgIpc) is 3.48. The Morgan fingerprint density at radius 1 is 1.18 bits per heavy atom. The molecule has 2 saturated carbocycles. The lowest BCUT2D eigenvalue weighted by molar-refractivity contribution is -0.121. The number of carbonyl (C=O) groups is 2. The minimum Gasteiger partial charge on any atom is -0.353 e. The number of nitrogens with one attached hydrogen (secondary N) is 2. The molecule has 4 rings (SSSR count). The van der Waals surface area contributed by atoms with Gasteiger partial charge in [0.05, 0.1) is 16.6 Å². The van der Waals surface area contributed by atoms with Gasteiger partial charge in [-0.1, -0.05) is 19.3 Å². The van der Waals surface area contributed by atoms with E-state index in [0.717, 1.165) is 48.1 Å². The molecular weight excluding hydrogens is 354 g/mol. The summed E-state index contributed by atoms with van der Waals surface area (Å²) in [4.78, 5) is 29.8. The van der Waals surface area contributed by atoms with Crippen LogP contribution in [-0.2, 0) is 11.8 Å². The minimum absolute atomic E-state index is 0.0169. The second-order valence-corrected chi connectivity index (χ2v) is 8.18. The molecule has 0 atom stereocenters. The number of hydrogen-bond acceptors (Lipinski definition) is 4. The summed E-state index contributed by atoms with van der Waals surface area (Å²) in [6.45, 7) is 2.23. The maximum absolute atomic E-state index is 12.9. The second kappa shape index (κ2) is 7.89. The van der Waals surface area contributed by atoms with E-state index < -0.39 is 0 Å². The molecule has 2 aliphatic carbocycles. The van der Waals surface area contributed by atoms with Gasteiger partial charge < -0.3 is 10.6 Å². The van der Waals surface area contributed by atoms with E-state index in [4.69, 9.17) is 4.98 Å². The van der Waals surface area contributed by atoms with Gasteiger partial charge in [0.2, 0.25) is 5.91 Å². The van der Waals surface area contributed by atoms with E-state index in [-0.39, 0.29) is 11.8 Å². The van der Waals surface area contributed by atoms with Crippen LogP contribution >= 0.6 is 0 Å². The molecule has 2 heterocycles. The molecule has 2 aliphatic rings. The standard InChI is InChI=1S/C21H29N5O2/c1-13-19-16(12-17(14-8-9-14)24-20(19)26(2)25-13)21(28)22-11-10-18(27)23-15-6-4-3-5-7-15/h12,14-15H,3-11H2,1-2H3,(H,22,28)(H,23,27). The van der Waals surface area contributed by atoms with Crippen molar-refractivity contribution in [3.05, 3.63) is 23.0 Å². The molecule has 2 N–H and O–H groups in total. The molecule has 0 spiro atoms. The smallest absolute Gasteiger partial charge is 0.252 e. The Morgan fingerprint density at radius 2 is 1.93 bits per heavy atom. The van der Waals surface area contributed by atoms with E-state index in [0.29, 0.717) is 30.5 Å². The molecule has 2 amide bonds. The number of pyridine rings is 1. The SMILES string of the molecule is Cc1nn(C)c2nc(C3CC3)cc(C(=O)NCCC(=O)NC3CCCCC3)c12. The zero-order chi connectivity index (χ0) is 19.7. The summed E-state index contributed by atoms with van der Waals surface area (Å²) in [6.07, 6.45) is 8.32. The lowest BCUT2D eigenvalue weighted by Gasteiger charge is -2.22. The van der Waals surface area contributed by atoms with E-state index in [9.17, 15) is 9.59 Å². The first kappa shape index (κ1) is 18.9. The molecule has 2 fully saturated rings. The van der Waals surface area contributed by atoms with Crippen LogP contribution in [0.5, 0.6) is 0 Å². The quantitative estimate of drug-likeness (QED) is 0.803. The molecule has 7 nitrogen and oxygen atoms in total. The Hall–Kier alpha value is -2.44. The van der Waals surface area contributed by atoms with Gasteiger partial charge in [-0.25, -0.2) is 4.98 Å². The van der Waals surface area contributed by atoms with Gasteiger partial charge in [-0.05, 0) is 38.7 Å². The maximum atomic E-state index is 12.9. The molecule has 150 valence electrons.